The average molecular weight is 410 g/mol. The number of amides is 1. The first-order valence-corrected chi connectivity index (χ1v) is 9.84. The monoisotopic (exact) mass is 409 g/mol. The lowest BCUT2D eigenvalue weighted by Gasteiger charge is -2.24. The van der Waals surface area contributed by atoms with Crippen molar-refractivity contribution < 1.29 is 23.6 Å². The third-order valence-electron chi connectivity index (χ3n) is 5.16. The SMILES string of the molecule is Cc1c(C)c2cc(Cl)c(O[C@@H](C)C(=O)NCC[NH+]3CCOCC3)cc2oc1=O. The molecule has 1 saturated heterocycles. The van der Waals surface area contributed by atoms with Crippen molar-refractivity contribution in [1.29, 1.82) is 0 Å². The number of rotatable bonds is 6. The molecular formula is C20H26ClN2O5+. The Labute approximate surface area is 168 Å². The van der Waals surface area contributed by atoms with Crippen LogP contribution in [-0.4, -0.2) is 51.4 Å². The van der Waals surface area contributed by atoms with Crippen molar-refractivity contribution in [2.24, 2.45) is 0 Å². The fourth-order valence-electron chi connectivity index (χ4n) is 3.19. The molecule has 2 aromatic rings. The van der Waals surface area contributed by atoms with E-state index in [-0.39, 0.29) is 5.91 Å². The van der Waals surface area contributed by atoms with Gasteiger partial charge in [0.2, 0.25) is 0 Å². The van der Waals surface area contributed by atoms with Crippen LogP contribution in [0.3, 0.4) is 0 Å². The molecule has 1 aliphatic rings. The molecule has 1 fully saturated rings. The maximum absolute atomic E-state index is 12.3. The maximum Gasteiger partial charge on any atom is 0.339 e. The summed E-state index contributed by atoms with van der Waals surface area (Å²) in [7, 11) is 0. The van der Waals surface area contributed by atoms with Crippen molar-refractivity contribution in [3.8, 4) is 5.75 Å². The summed E-state index contributed by atoms with van der Waals surface area (Å²) in [5.41, 5.74) is 1.36. The first kappa shape index (κ1) is 20.6. The van der Waals surface area contributed by atoms with Crippen LogP contribution >= 0.6 is 11.6 Å². The number of benzene rings is 1. The topological polar surface area (TPSA) is 82.2 Å². The Bertz CT molecular complexity index is 921. The van der Waals surface area contributed by atoms with Gasteiger partial charge in [0.1, 0.15) is 24.4 Å². The van der Waals surface area contributed by atoms with Gasteiger partial charge in [0.25, 0.3) is 5.91 Å². The summed E-state index contributed by atoms with van der Waals surface area (Å²) in [5.74, 6) is 0.0902. The van der Waals surface area contributed by atoms with Crippen LogP contribution in [0.15, 0.2) is 21.3 Å². The minimum Gasteiger partial charge on any atom is -0.479 e. The molecule has 2 heterocycles. The summed E-state index contributed by atoms with van der Waals surface area (Å²) >= 11 is 6.33. The molecule has 1 amide bonds. The summed E-state index contributed by atoms with van der Waals surface area (Å²) in [5, 5.41) is 4.00. The van der Waals surface area contributed by atoms with E-state index in [2.05, 4.69) is 5.32 Å². The molecule has 8 heteroatoms. The molecule has 2 N–H and O–H groups in total. The van der Waals surface area contributed by atoms with Gasteiger partial charge < -0.3 is 24.1 Å². The molecule has 28 heavy (non-hydrogen) atoms. The van der Waals surface area contributed by atoms with E-state index in [4.69, 9.17) is 25.5 Å². The van der Waals surface area contributed by atoms with E-state index >= 15 is 0 Å². The molecule has 0 radical (unpaired) electrons. The van der Waals surface area contributed by atoms with Gasteiger partial charge in [-0.05, 0) is 32.4 Å². The van der Waals surface area contributed by atoms with Gasteiger partial charge in [-0.2, -0.15) is 0 Å². The lowest BCUT2D eigenvalue weighted by Crippen LogP contribution is -3.14. The third kappa shape index (κ3) is 4.66. The van der Waals surface area contributed by atoms with Gasteiger partial charge in [-0.15, -0.1) is 0 Å². The standard InChI is InChI=1S/C20H25ClN2O5/c1-12-13(2)20(25)28-17-11-18(16(21)10-15(12)17)27-14(3)19(24)22-4-5-23-6-8-26-9-7-23/h10-11,14H,4-9H2,1-3H3,(H,22,24)/p+1/t14-/m0/s1. The van der Waals surface area contributed by atoms with Crippen LogP contribution in [0, 0.1) is 13.8 Å². The van der Waals surface area contributed by atoms with E-state index in [9.17, 15) is 9.59 Å². The first-order chi connectivity index (χ1) is 13.4. The summed E-state index contributed by atoms with van der Waals surface area (Å²) in [6.07, 6.45) is -0.729. The van der Waals surface area contributed by atoms with Gasteiger partial charge in [0.05, 0.1) is 31.3 Å². The van der Waals surface area contributed by atoms with Gasteiger partial charge in [-0.25, -0.2) is 4.79 Å². The first-order valence-electron chi connectivity index (χ1n) is 9.46. The molecule has 1 aromatic carbocycles. The van der Waals surface area contributed by atoms with Crippen LogP contribution in [0.1, 0.15) is 18.1 Å². The van der Waals surface area contributed by atoms with E-state index in [1.54, 1.807) is 26.0 Å². The molecule has 3 rings (SSSR count). The number of carbonyl (C=O) groups is 1. The van der Waals surface area contributed by atoms with E-state index in [1.165, 1.54) is 4.90 Å². The van der Waals surface area contributed by atoms with Crippen LogP contribution in [0.4, 0.5) is 0 Å². The number of carbonyl (C=O) groups excluding carboxylic acids is 1. The largest absolute Gasteiger partial charge is 0.479 e. The number of fused-ring (bicyclic) bond motifs is 1. The van der Waals surface area contributed by atoms with Crippen LogP contribution in [0.5, 0.6) is 5.75 Å². The number of hydrogen-bond acceptors (Lipinski definition) is 5. The molecule has 0 unspecified atom stereocenters. The Hall–Kier alpha value is -2.09. The van der Waals surface area contributed by atoms with E-state index in [0.717, 1.165) is 43.8 Å². The Morgan fingerprint density at radius 1 is 1.29 bits per heavy atom. The highest BCUT2D eigenvalue weighted by atomic mass is 35.5. The fraction of sp³-hybridized carbons (Fsp3) is 0.500. The molecule has 7 nitrogen and oxygen atoms in total. The minimum atomic E-state index is -0.729. The highest BCUT2D eigenvalue weighted by Crippen LogP contribution is 2.32. The predicted octanol–water partition coefficient (Wildman–Crippen LogP) is 0.862. The van der Waals surface area contributed by atoms with Crippen LogP contribution in [0.25, 0.3) is 11.0 Å². The number of hydrogen-bond donors (Lipinski definition) is 2. The van der Waals surface area contributed by atoms with Gasteiger partial charge in [-0.1, -0.05) is 11.6 Å². The van der Waals surface area contributed by atoms with Crippen molar-refractivity contribution in [1.82, 2.24) is 5.32 Å². The average Bonchev–Trinajstić information content (AvgIpc) is 2.68. The van der Waals surface area contributed by atoms with Crippen molar-refractivity contribution >= 4 is 28.5 Å². The summed E-state index contributed by atoms with van der Waals surface area (Å²) in [4.78, 5) is 25.7. The normalized spacial score (nSPS) is 16.1. The predicted molar refractivity (Wildman–Crippen MR) is 106 cm³/mol. The Balaban J connectivity index is 1.64. The van der Waals surface area contributed by atoms with Crippen molar-refractivity contribution in [2.75, 3.05) is 39.4 Å². The molecule has 1 aliphatic heterocycles. The molecule has 1 atom stereocenters. The molecule has 0 spiro atoms. The lowest BCUT2D eigenvalue weighted by atomic mass is 10.1. The van der Waals surface area contributed by atoms with Crippen LogP contribution in [-0.2, 0) is 9.53 Å². The van der Waals surface area contributed by atoms with Gasteiger partial charge >= 0.3 is 5.63 Å². The summed E-state index contributed by atoms with van der Waals surface area (Å²) < 4.78 is 16.4. The highest BCUT2D eigenvalue weighted by molar-refractivity contribution is 6.32. The zero-order chi connectivity index (χ0) is 20.3. The molecule has 0 aliphatic carbocycles. The summed E-state index contributed by atoms with van der Waals surface area (Å²) in [6.45, 7) is 10.1. The zero-order valence-electron chi connectivity index (χ0n) is 16.4. The van der Waals surface area contributed by atoms with Gasteiger partial charge in [-0.3, -0.25) is 4.79 Å². The van der Waals surface area contributed by atoms with Crippen LogP contribution < -0.4 is 20.6 Å². The Morgan fingerprint density at radius 2 is 2.00 bits per heavy atom. The van der Waals surface area contributed by atoms with Crippen LogP contribution in [0.2, 0.25) is 5.02 Å². The second-order valence-electron chi connectivity index (χ2n) is 7.08. The Morgan fingerprint density at radius 3 is 2.71 bits per heavy atom. The quantitative estimate of drug-likeness (QED) is 0.691. The molecule has 1 aromatic heterocycles. The number of halogens is 1. The maximum atomic E-state index is 12.3. The number of nitrogens with one attached hydrogen (secondary N) is 2. The number of aryl methyl sites for hydroxylation is 1. The van der Waals surface area contributed by atoms with E-state index in [0.29, 0.717) is 28.5 Å². The smallest absolute Gasteiger partial charge is 0.339 e. The number of quaternary nitrogens is 1. The van der Waals surface area contributed by atoms with Gasteiger partial charge in [0, 0.05) is 17.0 Å². The second kappa shape index (κ2) is 8.94. The minimum absolute atomic E-state index is 0.217. The van der Waals surface area contributed by atoms with Crippen molar-refractivity contribution in [3.63, 3.8) is 0 Å². The molecular weight excluding hydrogens is 384 g/mol. The van der Waals surface area contributed by atoms with E-state index in [1.807, 2.05) is 6.92 Å². The second-order valence-corrected chi connectivity index (χ2v) is 7.49. The molecule has 152 valence electrons. The van der Waals surface area contributed by atoms with Gasteiger partial charge in [0.15, 0.2) is 6.10 Å². The molecule has 0 bridgehead atoms. The third-order valence-corrected chi connectivity index (χ3v) is 5.46. The lowest BCUT2D eigenvalue weighted by molar-refractivity contribution is -0.906. The Kier molecular flexibility index (Phi) is 6.59. The van der Waals surface area contributed by atoms with Crippen molar-refractivity contribution in [3.05, 3.63) is 38.7 Å². The number of morpholine rings is 1. The number of ether oxygens (including phenoxy) is 2. The van der Waals surface area contributed by atoms with E-state index < -0.39 is 11.7 Å². The van der Waals surface area contributed by atoms with Crippen molar-refractivity contribution in [2.45, 2.75) is 26.9 Å². The highest BCUT2D eigenvalue weighted by Gasteiger charge is 2.19. The fourth-order valence-corrected chi connectivity index (χ4v) is 3.40. The summed E-state index contributed by atoms with van der Waals surface area (Å²) in [6, 6.07) is 3.26. The molecule has 0 saturated carbocycles. The zero-order valence-corrected chi connectivity index (χ0v) is 17.1.